The first-order valence-corrected chi connectivity index (χ1v) is 8.15. The van der Waals surface area contributed by atoms with E-state index in [1.165, 1.54) is 0 Å². The van der Waals surface area contributed by atoms with E-state index >= 15 is 0 Å². The summed E-state index contributed by atoms with van der Waals surface area (Å²) in [5, 5.41) is 0. The van der Waals surface area contributed by atoms with Crippen LogP contribution in [-0.4, -0.2) is 14.0 Å². The topological polar surface area (TPSA) is 39.3 Å². The Bertz CT molecular complexity index is 1080. The standard InChI is InChI=1S/C18H14BrN3O/c1-12-10-17(23)22-16-5-3-2-4-15(16)20-18(22)21(12)11-13-6-8-14(19)9-7-13/h2-10H,11H2,1H3. The van der Waals surface area contributed by atoms with Gasteiger partial charge in [-0.25, -0.2) is 9.38 Å². The molecule has 0 amide bonds. The maximum absolute atomic E-state index is 12.4. The Hall–Kier alpha value is -2.40. The molecule has 0 aliphatic heterocycles. The van der Waals surface area contributed by atoms with E-state index in [0.29, 0.717) is 12.3 Å². The van der Waals surface area contributed by atoms with Crippen LogP contribution in [-0.2, 0) is 6.54 Å². The number of halogens is 1. The summed E-state index contributed by atoms with van der Waals surface area (Å²) in [7, 11) is 0. The summed E-state index contributed by atoms with van der Waals surface area (Å²) in [6, 6.07) is 17.6. The molecule has 2 aromatic carbocycles. The van der Waals surface area contributed by atoms with Gasteiger partial charge in [-0.3, -0.25) is 4.79 Å². The van der Waals surface area contributed by atoms with E-state index in [-0.39, 0.29) is 5.56 Å². The normalized spacial score (nSPS) is 11.4. The number of nitrogens with zero attached hydrogens (tertiary/aromatic N) is 3. The highest BCUT2D eigenvalue weighted by molar-refractivity contribution is 9.10. The van der Waals surface area contributed by atoms with Crippen molar-refractivity contribution in [3.8, 4) is 0 Å². The van der Waals surface area contributed by atoms with Crippen LogP contribution in [0.4, 0.5) is 0 Å². The molecule has 0 aliphatic carbocycles. The number of aromatic nitrogens is 3. The van der Waals surface area contributed by atoms with Crippen LogP contribution in [0, 0.1) is 6.92 Å². The molecular formula is C18H14BrN3O. The van der Waals surface area contributed by atoms with Crippen molar-refractivity contribution in [2.45, 2.75) is 13.5 Å². The summed E-state index contributed by atoms with van der Waals surface area (Å²) in [5.74, 6) is 0.680. The summed E-state index contributed by atoms with van der Waals surface area (Å²) in [6.07, 6.45) is 0. The maximum atomic E-state index is 12.4. The third-order valence-electron chi connectivity index (χ3n) is 4.02. The summed E-state index contributed by atoms with van der Waals surface area (Å²) in [4.78, 5) is 17.1. The van der Waals surface area contributed by atoms with E-state index in [4.69, 9.17) is 0 Å². The summed E-state index contributed by atoms with van der Waals surface area (Å²) >= 11 is 3.45. The van der Waals surface area contributed by atoms with Gasteiger partial charge in [-0.05, 0) is 36.8 Å². The number of rotatable bonds is 2. The molecule has 0 N–H and O–H groups in total. The predicted molar refractivity (Wildman–Crippen MR) is 94.9 cm³/mol. The lowest BCUT2D eigenvalue weighted by molar-refractivity contribution is 0.752. The molecule has 4 rings (SSSR count). The maximum Gasteiger partial charge on any atom is 0.259 e. The van der Waals surface area contributed by atoms with Crippen LogP contribution in [0.2, 0.25) is 0 Å². The van der Waals surface area contributed by atoms with Crippen molar-refractivity contribution in [3.63, 3.8) is 0 Å². The smallest absolute Gasteiger partial charge is 0.259 e. The molecule has 0 saturated heterocycles. The third-order valence-corrected chi connectivity index (χ3v) is 4.55. The fraction of sp³-hybridized carbons (Fsp3) is 0.111. The SMILES string of the molecule is Cc1cc(=O)n2c3ccccc3nc2n1Cc1ccc(Br)cc1. The molecule has 0 unspecified atom stereocenters. The van der Waals surface area contributed by atoms with Crippen LogP contribution in [0.1, 0.15) is 11.3 Å². The van der Waals surface area contributed by atoms with Gasteiger partial charge in [0.2, 0.25) is 5.78 Å². The van der Waals surface area contributed by atoms with Crippen molar-refractivity contribution in [2.75, 3.05) is 0 Å². The van der Waals surface area contributed by atoms with E-state index in [1.54, 1.807) is 10.5 Å². The molecule has 4 nitrogen and oxygen atoms in total. The zero-order chi connectivity index (χ0) is 16.0. The average molecular weight is 368 g/mol. The second-order valence-electron chi connectivity index (χ2n) is 5.57. The fourth-order valence-corrected chi connectivity index (χ4v) is 3.12. The molecule has 5 heteroatoms. The summed E-state index contributed by atoms with van der Waals surface area (Å²) in [5.41, 5.74) is 3.70. The quantitative estimate of drug-likeness (QED) is 0.540. The first-order chi connectivity index (χ1) is 11.1. The lowest BCUT2D eigenvalue weighted by Crippen LogP contribution is -2.19. The Kier molecular flexibility index (Phi) is 3.31. The van der Waals surface area contributed by atoms with Crippen LogP contribution >= 0.6 is 15.9 Å². The van der Waals surface area contributed by atoms with Crippen molar-refractivity contribution in [2.24, 2.45) is 0 Å². The predicted octanol–water partition coefficient (Wildman–Crippen LogP) is 3.77. The second kappa shape index (κ2) is 5.35. The number of hydrogen-bond acceptors (Lipinski definition) is 2. The van der Waals surface area contributed by atoms with Crippen LogP contribution in [0.5, 0.6) is 0 Å². The van der Waals surface area contributed by atoms with E-state index in [9.17, 15) is 4.79 Å². The molecule has 0 saturated carbocycles. The lowest BCUT2D eigenvalue weighted by atomic mass is 10.2. The molecule has 0 fully saturated rings. The van der Waals surface area contributed by atoms with Crippen molar-refractivity contribution >= 4 is 32.7 Å². The van der Waals surface area contributed by atoms with Gasteiger partial charge in [0.1, 0.15) is 0 Å². The highest BCUT2D eigenvalue weighted by atomic mass is 79.9. The Morgan fingerprint density at radius 3 is 2.61 bits per heavy atom. The number of para-hydroxylation sites is 2. The van der Waals surface area contributed by atoms with Crippen molar-refractivity contribution in [3.05, 3.63) is 80.7 Å². The van der Waals surface area contributed by atoms with Gasteiger partial charge in [0.05, 0.1) is 17.6 Å². The molecule has 4 aromatic rings. The van der Waals surface area contributed by atoms with Gasteiger partial charge in [-0.15, -0.1) is 0 Å². The zero-order valence-electron chi connectivity index (χ0n) is 12.5. The first kappa shape index (κ1) is 14.2. The molecule has 0 atom stereocenters. The van der Waals surface area contributed by atoms with E-state index in [2.05, 4.69) is 37.6 Å². The van der Waals surface area contributed by atoms with Crippen LogP contribution in [0.3, 0.4) is 0 Å². The van der Waals surface area contributed by atoms with E-state index in [1.807, 2.05) is 43.3 Å². The highest BCUT2D eigenvalue weighted by Gasteiger charge is 2.12. The van der Waals surface area contributed by atoms with Crippen molar-refractivity contribution < 1.29 is 0 Å². The van der Waals surface area contributed by atoms with Crippen LogP contribution < -0.4 is 5.56 Å². The highest BCUT2D eigenvalue weighted by Crippen LogP contribution is 2.18. The molecule has 114 valence electrons. The van der Waals surface area contributed by atoms with Gasteiger partial charge < -0.3 is 4.57 Å². The molecular weight excluding hydrogens is 354 g/mol. The van der Waals surface area contributed by atoms with Gasteiger partial charge in [-0.2, -0.15) is 0 Å². The zero-order valence-corrected chi connectivity index (χ0v) is 14.1. The van der Waals surface area contributed by atoms with Gasteiger partial charge in [0, 0.05) is 16.2 Å². The molecule has 2 heterocycles. The number of hydrogen-bond donors (Lipinski definition) is 0. The second-order valence-corrected chi connectivity index (χ2v) is 6.49. The van der Waals surface area contributed by atoms with Gasteiger partial charge >= 0.3 is 0 Å². The minimum Gasteiger partial charge on any atom is -0.311 e. The third kappa shape index (κ3) is 2.37. The summed E-state index contributed by atoms with van der Waals surface area (Å²) in [6.45, 7) is 2.62. The molecule has 2 aromatic heterocycles. The largest absolute Gasteiger partial charge is 0.311 e. The van der Waals surface area contributed by atoms with Crippen LogP contribution in [0.15, 0.2) is 63.9 Å². The van der Waals surface area contributed by atoms with Crippen molar-refractivity contribution in [1.29, 1.82) is 0 Å². The lowest BCUT2D eigenvalue weighted by Gasteiger charge is -2.12. The Balaban J connectivity index is 1.98. The Labute approximate surface area is 141 Å². The fourth-order valence-electron chi connectivity index (χ4n) is 2.86. The molecule has 23 heavy (non-hydrogen) atoms. The molecule has 0 bridgehead atoms. The van der Waals surface area contributed by atoms with Crippen molar-refractivity contribution in [1.82, 2.24) is 14.0 Å². The minimum atomic E-state index is -0.0433. The molecule has 0 radical (unpaired) electrons. The first-order valence-electron chi connectivity index (χ1n) is 7.35. The molecule has 0 aliphatic rings. The van der Waals surface area contributed by atoms with E-state index in [0.717, 1.165) is 26.8 Å². The Morgan fingerprint density at radius 1 is 1.09 bits per heavy atom. The Morgan fingerprint density at radius 2 is 1.83 bits per heavy atom. The van der Waals surface area contributed by atoms with Crippen LogP contribution in [0.25, 0.3) is 16.8 Å². The number of benzene rings is 2. The average Bonchev–Trinajstić information content (AvgIpc) is 2.93. The summed E-state index contributed by atoms with van der Waals surface area (Å²) < 4.78 is 4.81. The van der Waals surface area contributed by atoms with Gasteiger partial charge in [0.15, 0.2) is 0 Å². The number of fused-ring (bicyclic) bond motifs is 3. The minimum absolute atomic E-state index is 0.0433. The number of imidazole rings is 1. The van der Waals surface area contributed by atoms with E-state index < -0.39 is 0 Å². The monoisotopic (exact) mass is 367 g/mol. The van der Waals surface area contributed by atoms with Gasteiger partial charge in [0.25, 0.3) is 5.56 Å². The molecule has 0 spiro atoms. The van der Waals surface area contributed by atoms with Gasteiger partial charge in [-0.1, -0.05) is 40.2 Å². The number of aryl methyl sites for hydroxylation is 1.